The van der Waals surface area contributed by atoms with Crippen LogP contribution in [0.2, 0.25) is 0 Å². The quantitative estimate of drug-likeness (QED) is 0.569. The molecule has 3 aromatic rings. The third-order valence-corrected chi connectivity index (χ3v) is 7.26. The van der Waals surface area contributed by atoms with E-state index in [2.05, 4.69) is 41.7 Å². The second-order valence-electron chi connectivity index (χ2n) is 8.22. The van der Waals surface area contributed by atoms with Gasteiger partial charge in [0.1, 0.15) is 0 Å². The number of hydrogen-bond donors (Lipinski definition) is 2. The highest BCUT2D eigenvalue weighted by molar-refractivity contribution is 7.92. The predicted molar refractivity (Wildman–Crippen MR) is 131 cm³/mol. The van der Waals surface area contributed by atoms with Crippen molar-refractivity contribution in [3.8, 4) is 0 Å². The molecule has 0 unspecified atom stereocenters. The molecule has 1 aliphatic rings. The minimum atomic E-state index is -3.80. The molecule has 33 heavy (non-hydrogen) atoms. The zero-order valence-electron chi connectivity index (χ0n) is 18.7. The van der Waals surface area contributed by atoms with Crippen molar-refractivity contribution in [3.63, 3.8) is 0 Å². The van der Waals surface area contributed by atoms with Crippen LogP contribution in [0.5, 0.6) is 0 Å². The fraction of sp³-hybridized carbons (Fsp3) is 0.240. The van der Waals surface area contributed by atoms with Gasteiger partial charge >= 0.3 is 5.97 Å². The lowest BCUT2D eigenvalue weighted by atomic mass is 10.1. The zero-order chi connectivity index (χ0) is 23.6. The first-order valence-corrected chi connectivity index (χ1v) is 12.3. The Balaban J connectivity index is 1.53. The molecule has 0 atom stereocenters. The van der Waals surface area contributed by atoms with Crippen molar-refractivity contribution >= 4 is 33.1 Å². The van der Waals surface area contributed by atoms with Gasteiger partial charge in [0.15, 0.2) is 0 Å². The Morgan fingerprint density at radius 3 is 2.12 bits per heavy atom. The lowest BCUT2D eigenvalue weighted by Gasteiger charge is -2.38. The number of carboxylic acid groups (broad SMARTS) is 1. The molecule has 7 nitrogen and oxygen atoms in total. The van der Waals surface area contributed by atoms with E-state index in [9.17, 15) is 18.3 Å². The summed E-state index contributed by atoms with van der Waals surface area (Å²) in [5, 5.41) is 9.82. The van der Waals surface area contributed by atoms with E-state index < -0.39 is 16.0 Å². The molecule has 0 radical (unpaired) electrons. The summed E-state index contributed by atoms with van der Waals surface area (Å²) >= 11 is 0. The number of nitrogens with one attached hydrogen (secondary N) is 1. The number of benzene rings is 3. The van der Waals surface area contributed by atoms with Crippen molar-refractivity contribution in [2.24, 2.45) is 0 Å². The highest BCUT2D eigenvalue weighted by Crippen LogP contribution is 2.29. The van der Waals surface area contributed by atoms with Crippen LogP contribution in [0.3, 0.4) is 0 Å². The van der Waals surface area contributed by atoms with Crippen molar-refractivity contribution in [1.82, 2.24) is 0 Å². The highest BCUT2D eigenvalue weighted by atomic mass is 32.2. The van der Waals surface area contributed by atoms with Crippen LogP contribution in [0.15, 0.2) is 71.6 Å². The Labute approximate surface area is 194 Å². The zero-order valence-corrected chi connectivity index (χ0v) is 19.5. The van der Waals surface area contributed by atoms with E-state index in [4.69, 9.17) is 0 Å². The summed E-state index contributed by atoms with van der Waals surface area (Å²) in [6.07, 6.45) is 0. The van der Waals surface area contributed by atoms with Gasteiger partial charge in [-0.3, -0.25) is 4.72 Å². The van der Waals surface area contributed by atoms with Crippen LogP contribution in [0, 0.1) is 13.8 Å². The van der Waals surface area contributed by atoms with Gasteiger partial charge in [0.05, 0.1) is 16.1 Å². The normalized spacial score (nSPS) is 14.2. The fourth-order valence-electron chi connectivity index (χ4n) is 4.11. The van der Waals surface area contributed by atoms with Crippen LogP contribution < -0.4 is 14.5 Å². The number of aromatic carboxylic acids is 1. The van der Waals surface area contributed by atoms with E-state index in [1.165, 1.54) is 35.0 Å². The molecule has 0 saturated carbocycles. The van der Waals surface area contributed by atoms with Crippen LogP contribution in [-0.4, -0.2) is 45.7 Å². The lowest BCUT2D eigenvalue weighted by Crippen LogP contribution is -2.47. The summed E-state index contributed by atoms with van der Waals surface area (Å²) in [5.41, 5.74) is 4.51. The van der Waals surface area contributed by atoms with Gasteiger partial charge in [-0.2, -0.15) is 0 Å². The molecule has 4 rings (SSSR count). The summed E-state index contributed by atoms with van der Waals surface area (Å²) in [7, 11) is -3.80. The van der Waals surface area contributed by atoms with Gasteiger partial charge in [0, 0.05) is 37.6 Å². The molecule has 0 spiro atoms. The number of rotatable bonds is 6. The molecular formula is C25H27N3O4S. The van der Waals surface area contributed by atoms with Gasteiger partial charge in [-0.25, -0.2) is 13.2 Å². The molecule has 2 N–H and O–H groups in total. The molecule has 1 saturated heterocycles. The molecule has 3 aromatic carbocycles. The first-order valence-electron chi connectivity index (χ1n) is 10.8. The largest absolute Gasteiger partial charge is 0.478 e. The van der Waals surface area contributed by atoms with Gasteiger partial charge in [0.25, 0.3) is 10.0 Å². The van der Waals surface area contributed by atoms with Crippen molar-refractivity contribution in [1.29, 1.82) is 0 Å². The minimum absolute atomic E-state index is 0.0726. The number of carboxylic acids is 1. The van der Waals surface area contributed by atoms with Crippen LogP contribution in [0.4, 0.5) is 17.1 Å². The van der Waals surface area contributed by atoms with Crippen LogP contribution in [0.1, 0.15) is 21.5 Å². The number of sulfonamides is 1. The number of piperazine rings is 1. The number of nitrogens with zero attached hydrogens (tertiary/aromatic N) is 2. The van der Waals surface area contributed by atoms with Crippen molar-refractivity contribution in [3.05, 3.63) is 83.4 Å². The topological polar surface area (TPSA) is 90.0 Å². The Hall–Kier alpha value is -3.52. The monoisotopic (exact) mass is 465 g/mol. The number of aryl methyl sites for hydroxylation is 2. The molecule has 8 heteroatoms. The molecule has 1 aliphatic heterocycles. The third-order valence-electron chi connectivity index (χ3n) is 5.86. The second-order valence-corrected chi connectivity index (χ2v) is 9.90. The van der Waals surface area contributed by atoms with Crippen molar-refractivity contribution in [2.75, 3.05) is 40.7 Å². The number of carbonyl (C=O) groups is 1. The summed E-state index contributed by atoms with van der Waals surface area (Å²) in [5.74, 6) is -1.09. The first kappa shape index (κ1) is 22.7. The van der Waals surface area contributed by atoms with E-state index in [0.29, 0.717) is 18.8 Å². The van der Waals surface area contributed by atoms with E-state index >= 15 is 0 Å². The third kappa shape index (κ3) is 4.96. The van der Waals surface area contributed by atoms with E-state index in [0.717, 1.165) is 13.1 Å². The van der Waals surface area contributed by atoms with E-state index in [1.807, 2.05) is 4.90 Å². The Morgan fingerprint density at radius 1 is 0.848 bits per heavy atom. The first-order chi connectivity index (χ1) is 15.7. The van der Waals surface area contributed by atoms with Crippen LogP contribution in [0.25, 0.3) is 0 Å². The number of anilines is 3. The Morgan fingerprint density at radius 2 is 1.48 bits per heavy atom. The maximum Gasteiger partial charge on any atom is 0.337 e. The summed E-state index contributed by atoms with van der Waals surface area (Å²) in [6, 6.07) is 19.1. The maximum absolute atomic E-state index is 12.6. The van der Waals surface area contributed by atoms with Crippen LogP contribution >= 0.6 is 0 Å². The summed E-state index contributed by atoms with van der Waals surface area (Å²) in [6.45, 7) is 7.05. The Bertz CT molecular complexity index is 1270. The maximum atomic E-state index is 12.6. The van der Waals surface area contributed by atoms with E-state index in [-0.39, 0.29) is 16.1 Å². The second kappa shape index (κ2) is 9.15. The fourth-order valence-corrected chi connectivity index (χ4v) is 5.18. The number of hydrogen-bond acceptors (Lipinski definition) is 5. The average molecular weight is 466 g/mol. The SMILES string of the molecule is Cc1ccc(C)c(N2CCN(c3ccc(NS(=O)(=O)c4ccccc4)cc3C(=O)O)CC2)c1. The summed E-state index contributed by atoms with van der Waals surface area (Å²) in [4.78, 5) is 16.5. The average Bonchev–Trinajstić information content (AvgIpc) is 2.81. The molecule has 0 aliphatic carbocycles. The van der Waals surface area contributed by atoms with Gasteiger partial charge < -0.3 is 14.9 Å². The summed E-state index contributed by atoms with van der Waals surface area (Å²) < 4.78 is 27.7. The molecule has 1 fully saturated rings. The molecule has 172 valence electrons. The van der Waals surface area contributed by atoms with Crippen LogP contribution in [-0.2, 0) is 10.0 Å². The standard InChI is InChI=1S/C25H27N3O4S/c1-18-8-9-19(2)24(16-18)28-14-12-27(13-15-28)23-11-10-20(17-22(23)25(29)30)26-33(31,32)21-6-4-3-5-7-21/h3-11,16-17,26H,12-15H2,1-2H3,(H,29,30). The molecule has 0 aromatic heterocycles. The minimum Gasteiger partial charge on any atom is -0.478 e. The lowest BCUT2D eigenvalue weighted by molar-refractivity contribution is 0.0697. The van der Waals surface area contributed by atoms with E-state index in [1.54, 1.807) is 30.3 Å². The Kier molecular flexibility index (Phi) is 6.29. The molecular weight excluding hydrogens is 438 g/mol. The molecule has 0 amide bonds. The van der Waals surface area contributed by atoms with Crippen molar-refractivity contribution in [2.45, 2.75) is 18.7 Å². The van der Waals surface area contributed by atoms with Gasteiger partial charge in [0.2, 0.25) is 0 Å². The van der Waals surface area contributed by atoms with Crippen molar-refractivity contribution < 1.29 is 18.3 Å². The van der Waals surface area contributed by atoms with Gasteiger partial charge in [-0.15, -0.1) is 0 Å². The molecule has 1 heterocycles. The van der Waals surface area contributed by atoms with Gasteiger partial charge in [-0.05, 0) is 61.4 Å². The van der Waals surface area contributed by atoms with Gasteiger partial charge in [-0.1, -0.05) is 30.3 Å². The molecule has 0 bridgehead atoms. The highest BCUT2D eigenvalue weighted by Gasteiger charge is 2.23. The smallest absolute Gasteiger partial charge is 0.337 e. The predicted octanol–water partition coefficient (Wildman–Crippen LogP) is 4.13.